The lowest BCUT2D eigenvalue weighted by molar-refractivity contribution is 0.102. The Morgan fingerprint density at radius 3 is 2.41 bits per heavy atom. The number of azide groups is 1. The Morgan fingerprint density at radius 2 is 1.93 bits per heavy atom. The van der Waals surface area contributed by atoms with Crippen LogP contribution in [0.2, 0.25) is 19.6 Å². The zero-order chi connectivity index (χ0) is 21.4. The number of carbonyl (C=O) groups excluding carboxylic acids is 1. The minimum atomic E-state index is -1.45. The highest BCUT2D eigenvalue weighted by molar-refractivity contribution is 14.1. The molecule has 0 fully saturated rings. The van der Waals surface area contributed by atoms with Gasteiger partial charge < -0.3 is 5.32 Å². The first-order valence-electron chi connectivity index (χ1n) is 8.36. The number of benzene rings is 2. The summed E-state index contributed by atoms with van der Waals surface area (Å²) in [5, 5.41) is 16.6. The number of tetrazole rings is 1. The van der Waals surface area contributed by atoms with Gasteiger partial charge in [-0.05, 0) is 84.5 Å². The van der Waals surface area contributed by atoms with Crippen LogP contribution in [0.3, 0.4) is 0 Å². The molecule has 0 aliphatic carbocycles. The summed E-state index contributed by atoms with van der Waals surface area (Å²) in [4.78, 5) is 15.0. The highest BCUT2D eigenvalue weighted by atomic mass is 127. The molecule has 150 valence electrons. The summed E-state index contributed by atoms with van der Waals surface area (Å²) in [6.07, 6.45) is 0. The van der Waals surface area contributed by atoms with Gasteiger partial charge in [-0.1, -0.05) is 31.8 Å². The summed E-state index contributed by atoms with van der Waals surface area (Å²) in [5.41, 5.74) is 9.97. The van der Waals surface area contributed by atoms with Crippen LogP contribution in [0.25, 0.3) is 21.8 Å². The summed E-state index contributed by atoms with van der Waals surface area (Å²) >= 11 is 5.65. The number of hydrogen-bond acceptors (Lipinski definition) is 5. The van der Waals surface area contributed by atoms with Gasteiger partial charge in [0.25, 0.3) is 5.91 Å². The van der Waals surface area contributed by atoms with E-state index in [2.05, 4.69) is 74.2 Å². The van der Waals surface area contributed by atoms with E-state index in [1.54, 1.807) is 24.3 Å². The lowest BCUT2D eigenvalue weighted by atomic mass is 10.1. The number of anilines is 1. The predicted molar refractivity (Wildman–Crippen MR) is 127 cm³/mol. The second-order valence-electron chi connectivity index (χ2n) is 6.75. The van der Waals surface area contributed by atoms with Crippen molar-refractivity contribution in [3.8, 4) is 11.4 Å². The Morgan fingerprint density at radius 1 is 1.24 bits per heavy atom. The maximum Gasteiger partial charge on any atom is 0.255 e. The van der Waals surface area contributed by atoms with Gasteiger partial charge in [0.1, 0.15) is 8.24 Å². The Bertz CT molecular complexity index is 1010. The van der Waals surface area contributed by atoms with E-state index in [4.69, 9.17) is 5.53 Å². The Hall–Kier alpha value is -2.28. The van der Waals surface area contributed by atoms with Gasteiger partial charge >= 0.3 is 0 Å². The SMILES string of the molecule is C[Si](C)(C)N=[N+]=[N-].O=C(Nc1ccc(I)cc1Br)c1ccc(-c2nn[nH]n2)cc1. The first kappa shape index (κ1) is 23.0. The third-order valence-electron chi connectivity index (χ3n) is 3.27. The molecule has 0 saturated carbocycles. The third-order valence-corrected chi connectivity index (χ3v) is 5.29. The van der Waals surface area contributed by atoms with Crippen LogP contribution in [0.15, 0.2) is 51.7 Å². The zero-order valence-electron chi connectivity index (χ0n) is 15.9. The molecule has 2 N–H and O–H groups in total. The fourth-order valence-corrected chi connectivity index (χ4v) is 3.64. The molecule has 12 heteroatoms. The van der Waals surface area contributed by atoms with Crippen molar-refractivity contribution in [2.45, 2.75) is 19.6 Å². The number of aromatic nitrogens is 4. The number of aromatic amines is 1. The molecule has 0 aliphatic heterocycles. The molecule has 0 spiro atoms. The first-order chi connectivity index (χ1) is 13.7. The number of hydrogen-bond donors (Lipinski definition) is 2. The Balaban J connectivity index is 0.000000370. The van der Waals surface area contributed by atoms with Crippen molar-refractivity contribution in [3.63, 3.8) is 0 Å². The fraction of sp³-hybridized carbons (Fsp3) is 0.176. The van der Waals surface area contributed by atoms with E-state index in [1.165, 1.54) is 0 Å². The van der Waals surface area contributed by atoms with Crippen molar-refractivity contribution >= 4 is 58.4 Å². The number of nitrogens with one attached hydrogen (secondary N) is 2. The highest BCUT2D eigenvalue weighted by Crippen LogP contribution is 2.25. The van der Waals surface area contributed by atoms with Gasteiger partial charge in [-0.25, -0.2) is 0 Å². The van der Waals surface area contributed by atoms with Crippen LogP contribution >= 0.6 is 38.5 Å². The predicted octanol–water partition coefficient (Wildman–Crippen LogP) is 5.62. The smallest absolute Gasteiger partial charge is 0.255 e. The number of nitrogens with zero attached hydrogens (tertiary/aromatic N) is 6. The fourth-order valence-electron chi connectivity index (χ4n) is 1.97. The highest BCUT2D eigenvalue weighted by Gasteiger charge is 2.10. The monoisotopic (exact) mass is 584 g/mol. The summed E-state index contributed by atoms with van der Waals surface area (Å²) in [5.74, 6) is 0.314. The minimum Gasteiger partial charge on any atom is -0.321 e. The second kappa shape index (κ2) is 10.5. The molecule has 3 aromatic rings. The van der Waals surface area contributed by atoms with Gasteiger partial charge in [0.2, 0.25) is 5.82 Å². The largest absolute Gasteiger partial charge is 0.321 e. The van der Waals surface area contributed by atoms with Gasteiger partial charge in [0.15, 0.2) is 0 Å². The van der Waals surface area contributed by atoms with Crippen molar-refractivity contribution in [2.75, 3.05) is 5.32 Å². The van der Waals surface area contributed by atoms with E-state index in [9.17, 15) is 4.79 Å². The van der Waals surface area contributed by atoms with E-state index in [0.29, 0.717) is 11.4 Å². The van der Waals surface area contributed by atoms with E-state index in [1.807, 2.05) is 37.8 Å². The van der Waals surface area contributed by atoms with Crippen molar-refractivity contribution in [1.29, 1.82) is 0 Å². The molecule has 0 bridgehead atoms. The topological polar surface area (TPSA) is 132 Å². The average molecular weight is 585 g/mol. The Labute approximate surface area is 190 Å². The van der Waals surface area contributed by atoms with E-state index in [-0.39, 0.29) is 5.91 Å². The number of amides is 1. The lowest BCUT2D eigenvalue weighted by Gasteiger charge is -2.08. The second-order valence-corrected chi connectivity index (χ2v) is 13.4. The summed E-state index contributed by atoms with van der Waals surface area (Å²) in [6, 6.07) is 12.7. The van der Waals surface area contributed by atoms with Gasteiger partial charge in [0, 0.05) is 19.2 Å². The maximum absolute atomic E-state index is 12.3. The van der Waals surface area contributed by atoms with E-state index < -0.39 is 8.24 Å². The van der Waals surface area contributed by atoms with Crippen molar-refractivity contribution in [1.82, 2.24) is 20.6 Å². The average Bonchev–Trinajstić information content (AvgIpc) is 3.18. The van der Waals surface area contributed by atoms with Crippen LogP contribution in [-0.4, -0.2) is 34.8 Å². The molecule has 1 aromatic heterocycles. The van der Waals surface area contributed by atoms with Crippen LogP contribution in [0, 0.1) is 3.57 Å². The minimum absolute atomic E-state index is 0.179. The summed E-state index contributed by atoms with van der Waals surface area (Å²) < 4.78 is 5.51. The molecule has 3 rings (SSSR count). The van der Waals surface area contributed by atoms with Crippen LogP contribution in [0.5, 0.6) is 0 Å². The van der Waals surface area contributed by atoms with Crippen LogP contribution in [0.1, 0.15) is 10.4 Å². The molecule has 0 radical (unpaired) electrons. The molecule has 0 aliphatic rings. The summed E-state index contributed by atoms with van der Waals surface area (Å²) in [7, 11) is -1.45. The molecule has 29 heavy (non-hydrogen) atoms. The molecule has 2 aromatic carbocycles. The standard InChI is InChI=1S/C14H9BrIN5O.C3H9N3Si/c15-11-7-10(16)5-6-12(11)17-14(22)9-3-1-8(2-4-9)13-18-20-21-19-13;1-7(2,3)6-5-4/h1-7H,(H,17,22)(H,18,19,20,21);1-3H3. The van der Waals surface area contributed by atoms with Crippen molar-refractivity contribution in [3.05, 3.63) is 66.5 Å². The van der Waals surface area contributed by atoms with Crippen molar-refractivity contribution < 1.29 is 4.79 Å². The van der Waals surface area contributed by atoms with E-state index >= 15 is 0 Å². The first-order valence-corrected chi connectivity index (χ1v) is 13.7. The quantitative estimate of drug-likeness (QED) is 0.135. The summed E-state index contributed by atoms with van der Waals surface area (Å²) in [6.45, 7) is 5.98. The van der Waals surface area contributed by atoms with Crippen LogP contribution in [0.4, 0.5) is 5.69 Å². The Kier molecular flexibility index (Phi) is 8.31. The normalized spacial score (nSPS) is 10.4. The van der Waals surface area contributed by atoms with Gasteiger partial charge in [-0.15, -0.1) is 15.0 Å². The number of carbonyl (C=O) groups is 1. The van der Waals surface area contributed by atoms with Crippen molar-refractivity contribution in [2.24, 2.45) is 4.78 Å². The molecular formula is C17H18BrIN8OSi. The molecule has 0 unspecified atom stereocenters. The lowest BCUT2D eigenvalue weighted by Crippen LogP contribution is -2.13. The maximum atomic E-state index is 12.3. The molecule has 0 saturated heterocycles. The van der Waals surface area contributed by atoms with Gasteiger partial charge in [-0.3, -0.25) is 4.79 Å². The number of H-pyrrole nitrogens is 1. The molecule has 9 nitrogen and oxygen atoms in total. The molecule has 0 atom stereocenters. The van der Waals surface area contributed by atoms with Gasteiger partial charge in [0.05, 0.1) is 5.69 Å². The molecule has 1 heterocycles. The number of rotatable bonds is 4. The number of halogens is 2. The van der Waals surface area contributed by atoms with Gasteiger partial charge in [-0.2, -0.15) is 5.21 Å². The van der Waals surface area contributed by atoms with E-state index in [0.717, 1.165) is 19.3 Å². The molecule has 1 amide bonds. The molecular weight excluding hydrogens is 567 g/mol. The zero-order valence-corrected chi connectivity index (χ0v) is 20.6. The van der Waals surface area contributed by atoms with Crippen LogP contribution in [-0.2, 0) is 0 Å². The van der Waals surface area contributed by atoms with Crippen LogP contribution < -0.4 is 5.32 Å². The third kappa shape index (κ3) is 7.57.